The second kappa shape index (κ2) is 6.00. The summed E-state index contributed by atoms with van der Waals surface area (Å²) < 4.78 is 32.8. The second-order valence-corrected chi connectivity index (χ2v) is 5.49. The molecule has 2 nitrogen and oxygen atoms in total. The highest BCUT2D eigenvalue weighted by molar-refractivity contribution is 6.30. The zero-order valence-corrected chi connectivity index (χ0v) is 11.9. The van der Waals surface area contributed by atoms with Crippen LogP contribution in [0, 0.1) is 17.6 Å². The van der Waals surface area contributed by atoms with Gasteiger partial charge in [0.05, 0.1) is 5.02 Å². The lowest BCUT2D eigenvalue weighted by molar-refractivity contribution is 0.0987. The van der Waals surface area contributed by atoms with Gasteiger partial charge in [-0.3, -0.25) is 0 Å². The number of nitrogens with one attached hydrogen (secondary N) is 1. The molecule has 2 aromatic carbocycles. The Kier molecular flexibility index (Phi) is 4.08. The van der Waals surface area contributed by atoms with E-state index in [4.69, 9.17) is 16.3 Å². The van der Waals surface area contributed by atoms with Gasteiger partial charge in [0.15, 0.2) is 0 Å². The van der Waals surface area contributed by atoms with E-state index in [-0.39, 0.29) is 22.9 Å². The minimum absolute atomic E-state index is 0.0787. The number of hydrogen-bond donors (Lipinski definition) is 1. The quantitative estimate of drug-likeness (QED) is 0.923. The lowest BCUT2D eigenvalue weighted by Gasteiger charge is -2.35. The molecule has 1 heterocycles. The maximum Gasteiger partial charge on any atom is 0.142 e. The van der Waals surface area contributed by atoms with Crippen LogP contribution in [0.5, 0.6) is 5.75 Å². The normalized spacial score (nSPS) is 16.3. The smallest absolute Gasteiger partial charge is 0.142 e. The van der Waals surface area contributed by atoms with Gasteiger partial charge in [0.1, 0.15) is 23.5 Å². The molecular formula is C16H14ClF2NO. The third-order valence-electron chi connectivity index (χ3n) is 3.57. The molecule has 21 heavy (non-hydrogen) atoms. The molecule has 0 unspecified atom stereocenters. The van der Waals surface area contributed by atoms with Gasteiger partial charge in [-0.1, -0.05) is 23.7 Å². The van der Waals surface area contributed by atoms with Crippen molar-refractivity contribution in [1.29, 1.82) is 0 Å². The highest BCUT2D eigenvalue weighted by Crippen LogP contribution is 2.32. The molecule has 1 fully saturated rings. The molecule has 0 radical (unpaired) electrons. The first-order chi connectivity index (χ1) is 10.1. The molecule has 0 aromatic heterocycles. The molecule has 2 aromatic rings. The first kappa shape index (κ1) is 14.3. The summed E-state index contributed by atoms with van der Waals surface area (Å²) >= 11 is 5.72. The van der Waals surface area contributed by atoms with Crippen LogP contribution in [0.25, 0.3) is 0 Å². The largest absolute Gasteiger partial charge is 0.485 e. The molecule has 0 saturated carbocycles. The molecule has 110 valence electrons. The van der Waals surface area contributed by atoms with Gasteiger partial charge >= 0.3 is 0 Å². The predicted octanol–water partition coefficient (Wildman–Crippen LogP) is 3.96. The van der Waals surface area contributed by atoms with Crippen LogP contribution in [0.4, 0.5) is 8.78 Å². The number of ether oxygens (including phenoxy) is 1. The summed E-state index contributed by atoms with van der Waals surface area (Å²) in [4.78, 5) is 0. The van der Waals surface area contributed by atoms with Gasteiger partial charge in [-0.25, -0.2) is 8.78 Å². The molecule has 1 N–H and O–H groups in total. The van der Waals surface area contributed by atoms with Crippen molar-refractivity contribution < 1.29 is 13.5 Å². The predicted molar refractivity (Wildman–Crippen MR) is 77.5 cm³/mol. The van der Waals surface area contributed by atoms with Gasteiger partial charge in [-0.05, 0) is 29.8 Å². The monoisotopic (exact) mass is 309 g/mol. The average Bonchev–Trinajstić information content (AvgIpc) is 2.39. The molecule has 0 bridgehead atoms. The third kappa shape index (κ3) is 3.17. The lowest BCUT2D eigenvalue weighted by atomic mass is 9.90. The third-order valence-corrected chi connectivity index (χ3v) is 3.88. The molecule has 3 rings (SSSR count). The molecular weight excluding hydrogens is 296 g/mol. The summed E-state index contributed by atoms with van der Waals surface area (Å²) in [5.74, 6) is -0.189. The summed E-state index contributed by atoms with van der Waals surface area (Å²) in [6.45, 7) is 1.56. The Labute approximate surface area is 126 Å². The summed E-state index contributed by atoms with van der Waals surface area (Å²) in [5, 5.41) is 3.24. The fourth-order valence-electron chi connectivity index (χ4n) is 2.34. The van der Waals surface area contributed by atoms with E-state index >= 15 is 0 Å². The van der Waals surface area contributed by atoms with Crippen molar-refractivity contribution in [3.05, 3.63) is 64.7 Å². The van der Waals surface area contributed by atoms with Gasteiger partial charge in [-0.15, -0.1) is 0 Å². The Hall–Kier alpha value is -1.65. The molecule has 0 aliphatic carbocycles. The fourth-order valence-corrected chi connectivity index (χ4v) is 2.46. The molecule has 1 atom stereocenters. The molecule has 0 spiro atoms. The summed E-state index contributed by atoms with van der Waals surface area (Å²) in [6, 6.07) is 10.6. The van der Waals surface area contributed by atoms with Crippen molar-refractivity contribution in [2.24, 2.45) is 5.92 Å². The molecule has 5 heteroatoms. The Morgan fingerprint density at radius 3 is 2.57 bits per heavy atom. The van der Waals surface area contributed by atoms with E-state index in [1.165, 1.54) is 24.3 Å². The van der Waals surface area contributed by atoms with Crippen LogP contribution < -0.4 is 10.1 Å². The van der Waals surface area contributed by atoms with E-state index in [9.17, 15) is 8.78 Å². The van der Waals surface area contributed by atoms with E-state index in [0.29, 0.717) is 11.3 Å². The van der Waals surface area contributed by atoms with Gasteiger partial charge in [0.25, 0.3) is 0 Å². The number of halogens is 3. The Morgan fingerprint density at radius 2 is 1.95 bits per heavy atom. The van der Waals surface area contributed by atoms with Gasteiger partial charge < -0.3 is 10.1 Å². The second-order valence-electron chi connectivity index (χ2n) is 5.09. The number of rotatable bonds is 4. The van der Waals surface area contributed by atoms with Crippen LogP contribution in [0.3, 0.4) is 0 Å². The highest BCUT2D eigenvalue weighted by atomic mass is 35.5. The van der Waals surface area contributed by atoms with E-state index < -0.39 is 5.82 Å². The topological polar surface area (TPSA) is 21.3 Å². The van der Waals surface area contributed by atoms with Crippen molar-refractivity contribution >= 4 is 11.6 Å². The summed E-state index contributed by atoms with van der Waals surface area (Å²) in [5.41, 5.74) is 0.702. The lowest BCUT2D eigenvalue weighted by Crippen LogP contribution is -2.46. The average molecular weight is 310 g/mol. The van der Waals surface area contributed by atoms with Gasteiger partial charge in [-0.2, -0.15) is 0 Å². The fraction of sp³-hybridized carbons (Fsp3) is 0.250. The van der Waals surface area contributed by atoms with Crippen LogP contribution in [-0.4, -0.2) is 13.1 Å². The minimum atomic E-state index is -0.478. The van der Waals surface area contributed by atoms with Crippen molar-refractivity contribution in [3.8, 4) is 5.75 Å². The maximum absolute atomic E-state index is 13.7. The number of benzene rings is 2. The zero-order chi connectivity index (χ0) is 14.8. The SMILES string of the molecule is Fc1cccc(O[C@H](c2ccc(Cl)c(F)c2)C2CNC2)c1. The zero-order valence-electron chi connectivity index (χ0n) is 11.2. The highest BCUT2D eigenvalue weighted by Gasteiger charge is 2.30. The van der Waals surface area contributed by atoms with E-state index in [0.717, 1.165) is 13.1 Å². The Balaban J connectivity index is 1.88. The van der Waals surface area contributed by atoms with Crippen molar-refractivity contribution in [2.75, 3.05) is 13.1 Å². The molecule has 1 aliphatic heterocycles. The first-order valence-electron chi connectivity index (χ1n) is 6.71. The summed E-state index contributed by atoms with van der Waals surface area (Å²) in [7, 11) is 0. The van der Waals surface area contributed by atoms with Crippen LogP contribution in [0.15, 0.2) is 42.5 Å². The molecule has 0 amide bonds. The van der Waals surface area contributed by atoms with Crippen molar-refractivity contribution in [3.63, 3.8) is 0 Å². The van der Waals surface area contributed by atoms with E-state index in [1.807, 2.05) is 0 Å². The summed E-state index contributed by atoms with van der Waals surface area (Å²) in [6.07, 6.45) is -0.334. The van der Waals surface area contributed by atoms with Gasteiger partial charge in [0.2, 0.25) is 0 Å². The Bertz CT molecular complexity index is 646. The van der Waals surface area contributed by atoms with E-state index in [1.54, 1.807) is 18.2 Å². The number of hydrogen-bond acceptors (Lipinski definition) is 2. The van der Waals surface area contributed by atoms with Crippen LogP contribution in [0.2, 0.25) is 5.02 Å². The minimum Gasteiger partial charge on any atom is -0.485 e. The van der Waals surface area contributed by atoms with E-state index in [2.05, 4.69) is 5.32 Å². The van der Waals surface area contributed by atoms with Crippen LogP contribution >= 0.6 is 11.6 Å². The standard InChI is InChI=1S/C16H14ClF2NO/c17-14-5-4-10(6-15(14)19)16(11-8-20-9-11)21-13-3-1-2-12(18)7-13/h1-7,11,16,20H,8-9H2/t16-/m1/s1. The van der Waals surface area contributed by atoms with Crippen LogP contribution in [-0.2, 0) is 0 Å². The van der Waals surface area contributed by atoms with Crippen molar-refractivity contribution in [1.82, 2.24) is 5.32 Å². The van der Waals surface area contributed by atoms with Crippen molar-refractivity contribution in [2.45, 2.75) is 6.10 Å². The molecule has 1 aliphatic rings. The molecule has 1 saturated heterocycles. The maximum atomic E-state index is 13.7. The van der Waals surface area contributed by atoms with Gasteiger partial charge in [0, 0.05) is 25.1 Å². The first-order valence-corrected chi connectivity index (χ1v) is 7.09. The Morgan fingerprint density at radius 1 is 1.14 bits per heavy atom. The van der Waals surface area contributed by atoms with Crippen LogP contribution in [0.1, 0.15) is 11.7 Å².